The van der Waals surface area contributed by atoms with Crippen LogP contribution in [0.25, 0.3) is 0 Å². The van der Waals surface area contributed by atoms with Crippen LogP contribution in [0.5, 0.6) is 0 Å². The SMILES string of the molecule is O=C(NC1CCOCC1)N1CCOC(c2ccc(Br)cc2)C1. The van der Waals surface area contributed by atoms with Gasteiger partial charge in [0.05, 0.1) is 13.2 Å². The zero-order valence-electron chi connectivity index (χ0n) is 12.5. The number of halogens is 1. The first-order chi connectivity index (χ1) is 10.7. The highest BCUT2D eigenvalue weighted by molar-refractivity contribution is 9.10. The third-order valence-electron chi connectivity index (χ3n) is 4.14. The van der Waals surface area contributed by atoms with Crippen LogP contribution in [0.1, 0.15) is 24.5 Å². The van der Waals surface area contributed by atoms with Crippen molar-refractivity contribution in [2.24, 2.45) is 0 Å². The number of hydrogen-bond acceptors (Lipinski definition) is 3. The molecule has 120 valence electrons. The average Bonchev–Trinajstić information content (AvgIpc) is 2.56. The average molecular weight is 369 g/mol. The molecule has 22 heavy (non-hydrogen) atoms. The highest BCUT2D eigenvalue weighted by Gasteiger charge is 2.27. The van der Waals surface area contributed by atoms with Gasteiger partial charge in [-0.3, -0.25) is 0 Å². The molecule has 1 unspecified atom stereocenters. The molecule has 0 saturated carbocycles. The highest BCUT2D eigenvalue weighted by atomic mass is 79.9. The van der Waals surface area contributed by atoms with Gasteiger partial charge in [-0.25, -0.2) is 4.79 Å². The summed E-state index contributed by atoms with van der Waals surface area (Å²) in [4.78, 5) is 14.3. The number of carbonyl (C=O) groups is 1. The van der Waals surface area contributed by atoms with Gasteiger partial charge < -0.3 is 19.7 Å². The Bertz CT molecular complexity index is 503. The van der Waals surface area contributed by atoms with Crippen LogP contribution in [-0.4, -0.2) is 49.9 Å². The molecule has 0 bridgehead atoms. The monoisotopic (exact) mass is 368 g/mol. The summed E-state index contributed by atoms with van der Waals surface area (Å²) in [5.41, 5.74) is 1.10. The van der Waals surface area contributed by atoms with E-state index in [2.05, 4.69) is 21.2 Å². The highest BCUT2D eigenvalue weighted by Crippen LogP contribution is 2.24. The minimum absolute atomic E-state index is 0.0114. The van der Waals surface area contributed by atoms with Crippen LogP contribution in [0.3, 0.4) is 0 Å². The van der Waals surface area contributed by atoms with Crippen LogP contribution in [-0.2, 0) is 9.47 Å². The number of hydrogen-bond donors (Lipinski definition) is 1. The lowest BCUT2D eigenvalue weighted by atomic mass is 10.1. The number of amides is 2. The van der Waals surface area contributed by atoms with Crippen molar-refractivity contribution >= 4 is 22.0 Å². The van der Waals surface area contributed by atoms with Crippen molar-refractivity contribution in [2.45, 2.75) is 25.0 Å². The van der Waals surface area contributed by atoms with Crippen molar-refractivity contribution in [3.05, 3.63) is 34.3 Å². The van der Waals surface area contributed by atoms with E-state index in [0.29, 0.717) is 19.7 Å². The zero-order chi connectivity index (χ0) is 15.4. The summed E-state index contributed by atoms with van der Waals surface area (Å²) in [6.07, 6.45) is 1.74. The molecule has 5 nitrogen and oxygen atoms in total. The van der Waals surface area contributed by atoms with Gasteiger partial charge in [-0.1, -0.05) is 28.1 Å². The smallest absolute Gasteiger partial charge is 0.317 e. The molecule has 0 aliphatic carbocycles. The molecule has 6 heteroatoms. The number of carbonyl (C=O) groups excluding carboxylic acids is 1. The molecule has 2 aliphatic heterocycles. The molecule has 0 aromatic heterocycles. The summed E-state index contributed by atoms with van der Waals surface area (Å²) >= 11 is 3.43. The van der Waals surface area contributed by atoms with Gasteiger partial charge in [0, 0.05) is 30.3 Å². The van der Waals surface area contributed by atoms with E-state index in [4.69, 9.17) is 9.47 Å². The molecule has 2 heterocycles. The van der Waals surface area contributed by atoms with Gasteiger partial charge in [-0.2, -0.15) is 0 Å². The third-order valence-corrected chi connectivity index (χ3v) is 4.67. The van der Waals surface area contributed by atoms with E-state index in [0.717, 1.165) is 36.1 Å². The number of rotatable bonds is 2. The fourth-order valence-corrected chi connectivity index (χ4v) is 3.08. The minimum Gasteiger partial charge on any atom is -0.381 e. The van der Waals surface area contributed by atoms with Gasteiger partial charge in [0.2, 0.25) is 0 Å². The Morgan fingerprint density at radius 2 is 1.91 bits per heavy atom. The summed E-state index contributed by atoms with van der Waals surface area (Å²) in [7, 11) is 0. The predicted octanol–water partition coefficient (Wildman–Crippen LogP) is 2.71. The molecular weight excluding hydrogens is 348 g/mol. The Hall–Kier alpha value is -1.11. The lowest BCUT2D eigenvalue weighted by molar-refractivity contribution is -0.0165. The molecule has 0 radical (unpaired) electrons. The van der Waals surface area contributed by atoms with Gasteiger partial charge in [0.25, 0.3) is 0 Å². The molecule has 2 amide bonds. The molecule has 3 rings (SSSR count). The van der Waals surface area contributed by atoms with Gasteiger partial charge in [0.1, 0.15) is 6.10 Å². The van der Waals surface area contributed by atoms with Crippen LogP contribution < -0.4 is 5.32 Å². The quantitative estimate of drug-likeness (QED) is 0.872. The number of nitrogens with zero attached hydrogens (tertiary/aromatic N) is 1. The van der Waals surface area contributed by atoms with Crippen LogP contribution in [0, 0.1) is 0 Å². The molecule has 2 fully saturated rings. The number of morpholine rings is 1. The number of urea groups is 1. The second kappa shape index (κ2) is 7.44. The van der Waals surface area contributed by atoms with Crippen molar-refractivity contribution < 1.29 is 14.3 Å². The van der Waals surface area contributed by atoms with Crippen molar-refractivity contribution in [3.63, 3.8) is 0 Å². The molecule has 1 aromatic rings. The molecule has 2 saturated heterocycles. The second-order valence-corrected chi connectivity index (χ2v) is 6.61. The number of nitrogens with one attached hydrogen (secondary N) is 1. The fourth-order valence-electron chi connectivity index (χ4n) is 2.82. The van der Waals surface area contributed by atoms with E-state index in [1.54, 1.807) is 0 Å². The van der Waals surface area contributed by atoms with Crippen molar-refractivity contribution in [1.82, 2.24) is 10.2 Å². The van der Waals surface area contributed by atoms with Gasteiger partial charge in [-0.15, -0.1) is 0 Å². The van der Waals surface area contributed by atoms with E-state index in [-0.39, 0.29) is 18.2 Å². The largest absolute Gasteiger partial charge is 0.381 e. The normalized spacial score (nSPS) is 23.3. The Balaban J connectivity index is 1.57. The molecule has 1 aromatic carbocycles. The molecular formula is C16H21BrN2O3. The van der Waals surface area contributed by atoms with Crippen molar-refractivity contribution in [2.75, 3.05) is 32.9 Å². The van der Waals surface area contributed by atoms with E-state index in [9.17, 15) is 4.79 Å². The fraction of sp³-hybridized carbons (Fsp3) is 0.562. The molecule has 2 aliphatic rings. The molecule has 1 atom stereocenters. The summed E-state index contributed by atoms with van der Waals surface area (Å²) in [5.74, 6) is 0. The van der Waals surface area contributed by atoms with E-state index in [1.165, 1.54) is 0 Å². The van der Waals surface area contributed by atoms with E-state index >= 15 is 0 Å². The van der Waals surface area contributed by atoms with Crippen LogP contribution >= 0.6 is 15.9 Å². The van der Waals surface area contributed by atoms with E-state index in [1.807, 2.05) is 29.2 Å². The summed E-state index contributed by atoms with van der Waals surface area (Å²) < 4.78 is 12.2. The van der Waals surface area contributed by atoms with Crippen LogP contribution in [0.2, 0.25) is 0 Å². The number of ether oxygens (including phenoxy) is 2. The van der Waals surface area contributed by atoms with Gasteiger partial charge in [0.15, 0.2) is 0 Å². The summed E-state index contributed by atoms with van der Waals surface area (Å²) in [6.45, 7) is 3.27. The van der Waals surface area contributed by atoms with E-state index < -0.39 is 0 Å². The Morgan fingerprint density at radius 1 is 1.18 bits per heavy atom. The lowest BCUT2D eigenvalue weighted by Gasteiger charge is -2.34. The topological polar surface area (TPSA) is 50.8 Å². The maximum absolute atomic E-state index is 12.4. The maximum atomic E-state index is 12.4. The van der Waals surface area contributed by atoms with Gasteiger partial charge in [-0.05, 0) is 30.5 Å². The Kier molecular flexibility index (Phi) is 5.33. The van der Waals surface area contributed by atoms with Crippen molar-refractivity contribution in [1.29, 1.82) is 0 Å². The minimum atomic E-state index is -0.0534. The first-order valence-corrected chi connectivity index (χ1v) is 8.52. The second-order valence-electron chi connectivity index (χ2n) is 5.69. The first-order valence-electron chi connectivity index (χ1n) is 7.72. The summed E-state index contributed by atoms with van der Waals surface area (Å²) in [5, 5.41) is 3.11. The Labute approximate surface area is 139 Å². The predicted molar refractivity (Wildman–Crippen MR) is 86.8 cm³/mol. The van der Waals surface area contributed by atoms with Crippen molar-refractivity contribution in [3.8, 4) is 0 Å². The Morgan fingerprint density at radius 3 is 2.64 bits per heavy atom. The number of benzene rings is 1. The van der Waals surface area contributed by atoms with Gasteiger partial charge >= 0.3 is 6.03 Å². The summed E-state index contributed by atoms with van der Waals surface area (Å²) in [6, 6.07) is 8.32. The molecule has 1 N–H and O–H groups in total. The lowest BCUT2D eigenvalue weighted by Crippen LogP contribution is -2.50. The first kappa shape index (κ1) is 15.8. The van der Waals surface area contributed by atoms with Crippen LogP contribution in [0.4, 0.5) is 4.79 Å². The standard InChI is InChI=1S/C16H21BrN2O3/c17-13-3-1-12(2-4-13)15-11-19(7-10-22-15)16(20)18-14-5-8-21-9-6-14/h1-4,14-15H,5-11H2,(H,18,20). The van der Waals surface area contributed by atoms with Crippen LogP contribution in [0.15, 0.2) is 28.7 Å². The zero-order valence-corrected chi connectivity index (χ0v) is 14.0. The third kappa shape index (κ3) is 4.00. The molecule has 0 spiro atoms. The maximum Gasteiger partial charge on any atom is 0.317 e.